The minimum atomic E-state index is -0.597. The highest BCUT2D eigenvalue weighted by Gasteiger charge is 2.16. The van der Waals surface area contributed by atoms with Crippen LogP contribution >= 0.6 is 0 Å². The Hall–Kier alpha value is -2.22. The highest BCUT2D eigenvalue weighted by Crippen LogP contribution is 2.14. The fourth-order valence-electron chi connectivity index (χ4n) is 1.36. The number of nitrogens with two attached hydrogens (primary N) is 3. The Morgan fingerprint density at radius 2 is 1.82 bits per heavy atom. The third-order valence-corrected chi connectivity index (χ3v) is 1.99. The fraction of sp³-hybridized carbons (Fsp3) is 0.333. The van der Waals surface area contributed by atoms with Gasteiger partial charge in [0.15, 0.2) is 5.82 Å². The number of carbonyl (C=O) groups excluding carboxylic acids is 2. The lowest BCUT2D eigenvalue weighted by atomic mass is 10.2. The predicted molar refractivity (Wildman–Crippen MR) is 60.5 cm³/mol. The molecule has 1 aromatic rings. The normalized spacial score (nSPS) is 9.94. The second-order valence-electron chi connectivity index (χ2n) is 3.37. The summed E-state index contributed by atoms with van der Waals surface area (Å²) in [6.07, 6.45) is 1.47. The summed E-state index contributed by atoms with van der Waals surface area (Å²) in [5.41, 5.74) is 16.3. The molecule has 0 saturated carbocycles. The number of aromatic nitrogens is 2. The van der Waals surface area contributed by atoms with Gasteiger partial charge in [0.05, 0.1) is 19.3 Å². The van der Waals surface area contributed by atoms with Crippen molar-refractivity contribution in [2.24, 2.45) is 17.2 Å². The van der Waals surface area contributed by atoms with Crippen molar-refractivity contribution in [3.8, 4) is 0 Å². The summed E-state index contributed by atoms with van der Waals surface area (Å²) in [5, 5.41) is 7.51. The van der Waals surface area contributed by atoms with Gasteiger partial charge in [0.1, 0.15) is 0 Å². The molecule has 6 N–H and O–H groups in total. The number of amides is 2. The molecule has 8 heteroatoms. The number of hydrogen-bond acceptors (Lipinski definition) is 6. The predicted octanol–water partition coefficient (Wildman–Crippen LogP) is -2.29. The summed E-state index contributed by atoms with van der Waals surface area (Å²) >= 11 is 0. The van der Waals surface area contributed by atoms with Crippen molar-refractivity contribution >= 4 is 17.6 Å². The lowest BCUT2D eigenvalue weighted by Gasteiger charge is -2.21. The monoisotopic (exact) mass is 238 g/mol. The van der Waals surface area contributed by atoms with E-state index in [1.54, 1.807) is 6.07 Å². The van der Waals surface area contributed by atoms with E-state index in [1.807, 2.05) is 0 Å². The molecule has 0 fully saturated rings. The van der Waals surface area contributed by atoms with Crippen LogP contribution in [-0.2, 0) is 16.1 Å². The lowest BCUT2D eigenvalue weighted by Crippen LogP contribution is -2.40. The number of rotatable bonds is 6. The highest BCUT2D eigenvalue weighted by molar-refractivity contribution is 5.84. The lowest BCUT2D eigenvalue weighted by molar-refractivity contribution is -0.117. The third-order valence-electron chi connectivity index (χ3n) is 1.99. The number of nitrogens with zero attached hydrogens (tertiary/aromatic N) is 3. The number of anilines is 1. The summed E-state index contributed by atoms with van der Waals surface area (Å²) in [6, 6.07) is 1.65. The van der Waals surface area contributed by atoms with Gasteiger partial charge < -0.3 is 22.1 Å². The van der Waals surface area contributed by atoms with E-state index in [0.717, 1.165) is 0 Å². The molecule has 0 aliphatic rings. The minimum absolute atomic E-state index is 0.172. The molecule has 17 heavy (non-hydrogen) atoms. The average molecular weight is 238 g/mol. The van der Waals surface area contributed by atoms with Crippen LogP contribution in [0.25, 0.3) is 0 Å². The Balaban J connectivity index is 3.02. The summed E-state index contributed by atoms with van der Waals surface area (Å²) in [7, 11) is 0. The summed E-state index contributed by atoms with van der Waals surface area (Å²) in [4.78, 5) is 23.2. The van der Waals surface area contributed by atoms with Crippen LogP contribution in [0.5, 0.6) is 0 Å². The minimum Gasteiger partial charge on any atom is -0.368 e. The Morgan fingerprint density at radius 3 is 2.29 bits per heavy atom. The molecule has 0 saturated heterocycles. The number of hydrogen-bond donors (Lipinski definition) is 3. The smallest absolute Gasteiger partial charge is 0.237 e. The van der Waals surface area contributed by atoms with Crippen LogP contribution in [0.3, 0.4) is 0 Å². The van der Waals surface area contributed by atoms with Gasteiger partial charge in [0.2, 0.25) is 11.8 Å². The van der Waals surface area contributed by atoms with E-state index >= 15 is 0 Å². The maximum absolute atomic E-state index is 10.9. The molecule has 0 aliphatic carbocycles. The molecule has 8 nitrogen and oxygen atoms in total. The van der Waals surface area contributed by atoms with Crippen LogP contribution in [0.1, 0.15) is 5.56 Å². The Kier molecular flexibility index (Phi) is 4.35. The van der Waals surface area contributed by atoms with Gasteiger partial charge in [-0.3, -0.25) is 9.59 Å². The van der Waals surface area contributed by atoms with E-state index in [2.05, 4.69) is 10.2 Å². The molecule has 0 aromatic carbocycles. The topological polar surface area (TPSA) is 141 Å². The average Bonchev–Trinajstić information content (AvgIpc) is 2.27. The Morgan fingerprint density at radius 1 is 1.24 bits per heavy atom. The molecular formula is C9H14N6O2. The molecule has 0 unspecified atom stereocenters. The second-order valence-corrected chi connectivity index (χ2v) is 3.37. The first kappa shape index (κ1) is 12.8. The first-order valence-electron chi connectivity index (χ1n) is 4.86. The zero-order valence-electron chi connectivity index (χ0n) is 9.17. The Bertz CT molecular complexity index is 406. The molecule has 2 amide bonds. The molecule has 0 spiro atoms. The number of primary amides is 2. The van der Waals surface area contributed by atoms with Gasteiger partial charge in [-0.25, -0.2) is 0 Å². The van der Waals surface area contributed by atoms with Gasteiger partial charge in [-0.2, -0.15) is 5.10 Å². The SMILES string of the molecule is NCc1ccnnc1N(CC(N)=O)CC(N)=O. The van der Waals surface area contributed by atoms with Crippen molar-refractivity contribution in [2.45, 2.75) is 6.54 Å². The molecule has 1 rings (SSSR count). The molecule has 0 bridgehead atoms. The molecule has 0 radical (unpaired) electrons. The fourth-order valence-corrected chi connectivity index (χ4v) is 1.36. The Labute approximate surface area is 97.8 Å². The largest absolute Gasteiger partial charge is 0.368 e. The van der Waals surface area contributed by atoms with E-state index in [0.29, 0.717) is 11.4 Å². The molecule has 92 valence electrons. The van der Waals surface area contributed by atoms with Gasteiger partial charge in [-0.1, -0.05) is 0 Å². The van der Waals surface area contributed by atoms with Gasteiger partial charge in [0, 0.05) is 12.1 Å². The van der Waals surface area contributed by atoms with Crippen molar-refractivity contribution in [3.63, 3.8) is 0 Å². The molecule has 0 aliphatic heterocycles. The first-order valence-corrected chi connectivity index (χ1v) is 4.86. The molecule has 1 aromatic heterocycles. The van der Waals surface area contributed by atoms with E-state index in [9.17, 15) is 9.59 Å². The summed E-state index contributed by atoms with van der Waals surface area (Å²) < 4.78 is 0. The van der Waals surface area contributed by atoms with Crippen LogP contribution in [0.2, 0.25) is 0 Å². The van der Waals surface area contributed by atoms with E-state index in [1.165, 1.54) is 11.1 Å². The van der Waals surface area contributed by atoms with Gasteiger partial charge in [-0.15, -0.1) is 5.10 Å². The van der Waals surface area contributed by atoms with Crippen molar-refractivity contribution < 1.29 is 9.59 Å². The van der Waals surface area contributed by atoms with Gasteiger partial charge in [-0.05, 0) is 6.07 Å². The van der Waals surface area contributed by atoms with Crippen molar-refractivity contribution in [1.29, 1.82) is 0 Å². The van der Waals surface area contributed by atoms with Crippen molar-refractivity contribution in [3.05, 3.63) is 17.8 Å². The maximum Gasteiger partial charge on any atom is 0.237 e. The standard InChI is InChI=1S/C9H14N6O2/c10-3-6-1-2-13-14-9(6)15(4-7(11)16)5-8(12)17/h1-2H,3-5,10H2,(H2,11,16)(H2,12,17). The van der Waals surface area contributed by atoms with Crippen molar-refractivity contribution in [1.82, 2.24) is 10.2 Å². The third kappa shape index (κ3) is 3.68. The first-order chi connectivity index (χ1) is 8.04. The zero-order chi connectivity index (χ0) is 12.8. The van der Waals surface area contributed by atoms with Crippen LogP contribution in [0, 0.1) is 0 Å². The van der Waals surface area contributed by atoms with E-state index < -0.39 is 11.8 Å². The quantitative estimate of drug-likeness (QED) is 0.509. The van der Waals surface area contributed by atoms with Gasteiger partial charge in [0.25, 0.3) is 0 Å². The molecule has 0 atom stereocenters. The summed E-state index contributed by atoms with van der Waals surface area (Å²) in [5.74, 6) is -0.854. The maximum atomic E-state index is 10.9. The van der Waals surface area contributed by atoms with Crippen molar-refractivity contribution in [2.75, 3.05) is 18.0 Å². The summed E-state index contributed by atoms with van der Waals surface area (Å²) in [6.45, 7) is -0.137. The van der Waals surface area contributed by atoms with Crippen LogP contribution in [-0.4, -0.2) is 35.1 Å². The molecule has 1 heterocycles. The zero-order valence-corrected chi connectivity index (χ0v) is 9.17. The highest BCUT2D eigenvalue weighted by atomic mass is 16.2. The van der Waals surface area contributed by atoms with Gasteiger partial charge >= 0.3 is 0 Å². The van der Waals surface area contributed by atoms with E-state index in [4.69, 9.17) is 17.2 Å². The molecular weight excluding hydrogens is 224 g/mol. The second kappa shape index (κ2) is 5.75. The van der Waals surface area contributed by atoms with Crippen LogP contribution in [0.15, 0.2) is 12.3 Å². The van der Waals surface area contributed by atoms with E-state index in [-0.39, 0.29) is 19.6 Å². The van der Waals surface area contributed by atoms with Crippen LogP contribution < -0.4 is 22.1 Å². The number of carbonyl (C=O) groups is 2. The van der Waals surface area contributed by atoms with Crippen LogP contribution in [0.4, 0.5) is 5.82 Å².